The number of esters is 3. The molecular formula is C77H134O6. The zero-order valence-electron chi connectivity index (χ0n) is 54.9. The molecule has 0 N–H and O–H groups in total. The minimum Gasteiger partial charge on any atom is -0.462 e. The number of carbonyl (C=O) groups excluding carboxylic acids is 3. The van der Waals surface area contributed by atoms with Gasteiger partial charge in [0.05, 0.1) is 0 Å². The van der Waals surface area contributed by atoms with Crippen molar-refractivity contribution in [1.29, 1.82) is 0 Å². The Labute approximate surface area is 515 Å². The number of hydrogen-bond acceptors (Lipinski definition) is 6. The van der Waals surface area contributed by atoms with Crippen LogP contribution in [0.4, 0.5) is 0 Å². The largest absolute Gasteiger partial charge is 0.462 e. The van der Waals surface area contributed by atoms with E-state index in [1.807, 2.05) is 0 Å². The van der Waals surface area contributed by atoms with Gasteiger partial charge < -0.3 is 14.2 Å². The lowest BCUT2D eigenvalue weighted by atomic mass is 10.0. The lowest BCUT2D eigenvalue weighted by molar-refractivity contribution is -0.167. The Morgan fingerprint density at radius 2 is 0.470 bits per heavy atom. The standard InChI is InChI=1S/C77H134O6/c1-4-7-10-13-16-19-22-25-28-31-33-34-35-36-37-38-39-40-41-42-44-46-49-52-55-58-61-64-67-70-76(79)82-73-74(72-81-75(78)69-66-63-60-57-54-51-48-45-30-27-24-21-18-15-12-9-6-3)83-77(80)71-68-65-62-59-56-53-50-47-43-32-29-26-23-20-17-14-11-8-5-2/h7,10,16-21,25-30,33-34,74H,4-6,8-9,11-15,22-24,31-32,35-73H2,1-3H3/b10-7-,19-16-,20-17-,21-18-,28-25-,29-26-,30-27-,34-33-. The Balaban J connectivity index is 4.29. The smallest absolute Gasteiger partial charge is 0.306 e. The maximum absolute atomic E-state index is 13.0. The van der Waals surface area contributed by atoms with Crippen molar-refractivity contribution in [2.75, 3.05) is 13.2 Å². The molecule has 478 valence electrons. The highest BCUT2D eigenvalue weighted by molar-refractivity contribution is 5.71. The van der Waals surface area contributed by atoms with Crippen LogP contribution in [0.1, 0.15) is 355 Å². The summed E-state index contributed by atoms with van der Waals surface area (Å²) >= 11 is 0. The lowest BCUT2D eigenvalue weighted by Gasteiger charge is -2.18. The number of ether oxygens (including phenoxy) is 3. The Hall–Kier alpha value is -3.67. The first kappa shape index (κ1) is 79.3. The van der Waals surface area contributed by atoms with E-state index in [4.69, 9.17) is 14.2 Å². The molecule has 0 rings (SSSR count). The van der Waals surface area contributed by atoms with Gasteiger partial charge in [-0.05, 0) is 122 Å². The quantitative estimate of drug-likeness (QED) is 0.0261. The highest BCUT2D eigenvalue weighted by Crippen LogP contribution is 2.17. The second kappa shape index (κ2) is 70.8. The summed E-state index contributed by atoms with van der Waals surface area (Å²) in [4.78, 5) is 38.5. The molecule has 6 nitrogen and oxygen atoms in total. The van der Waals surface area contributed by atoms with Gasteiger partial charge in [-0.2, -0.15) is 0 Å². The monoisotopic (exact) mass is 1160 g/mol. The SMILES string of the molecule is CC/C=C\C/C=C\C/C=C\C/C=C\CCCCCCCCCCCCCCCCCCC(=O)OCC(COC(=O)CCCCCCCCC/C=C\C/C=C\CCCCC)OC(=O)CCCCCCCCCCC/C=C\C/C=C\CCCCC. The highest BCUT2D eigenvalue weighted by atomic mass is 16.6. The molecule has 0 fully saturated rings. The van der Waals surface area contributed by atoms with Crippen molar-refractivity contribution in [3.8, 4) is 0 Å². The molecule has 0 amide bonds. The molecule has 83 heavy (non-hydrogen) atoms. The summed E-state index contributed by atoms with van der Waals surface area (Å²) in [5, 5.41) is 0. The normalized spacial score (nSPS) is 12.7. The van der Waals surface area contributed by atoms with Crippen LogP contribution in [-0.4, -0.2) is 37.2 Å². The van der Waals surface area contributed by atoms with Crippen molar-refractivity contribution in [3.05, 3.63) is 97.2 Å². The van der Waals surface area contributed by atoms with E-state index in [0.717, 1.165) is 103 Å². The maximum atomic E-state index is 13.0. The molecule has 1 atom stereocenters. The molecule has 0 radical (unpaired) electrons. The van der Waals surface area contributed by atoms with Crippen LogP contribution < -0.4 is 0 Å². The summed E-state index contributed by atoms with van der Waals surface area (Å²) in [5.41, 5.74) is 0. The third kappa shape index (κ3) is 69.0. The first-order valence-electron chi connectivity index (χ1n) is 35.7. The summed E-state index contributed by atoms with van der Waals surface area (Å²) < 4.78 is 17.0. The van der Waals surface area contributed by atoms with Gasteiger partial charge in [0.25, 0.3) is 0 Å². The molecule has 0 aliphatic rings. The van der Waals surface area contributed by atoms with Crippen LogP contribution in [0, 0.1) is 0 Å². The van der Waals surface area contributed by atoms with Gasteiger partial charge >= 0.3 is 17.9 Å². The molecule has 0 aromatic rings. The second-order valence-corrected chi connectivity index (χ2v) is 23.8. The number of carbonyl (C=O) groups is 3. The van der Waals surface area contributed by atoms with E-state index < -0.39 is 6.10 Å². The van der Waals surface area contributed by atoms with Gasteiger partial charge in [-0.15, -0.1) is 0 Å². The van der Waals surface area contributed by atoms with Gasteiger partial charge in [-0.25, -0.2) is 0 Å². The summed E-state index contributed by atoms with van der Waals surface area (Å²) in [6.07, 6.45) is 95.7. The number of hydrogen-bond donors (Lipinski definition) is 0. The van der Waals surface area contributed by atoms with Crippen LogP contribution in [0.2, 0.25) is 0 Å². The van der Waals surface area contributed by atoms with Crippen molar-refractivity contribution in [3.63, 3.8) is 0 Å². The fraction of sp³-hybridized carbons (Fsp3) is 0.753. The Kier molecular flexibility index (Phi) is 67.7. The van der Waals surface area contributed by atoms with E-state index in [1.165, 1.54) is 212 Å². The molecule has 0 aromatic carbocycles. The van der Waals surface area contributed by atoms with Crippen molar-refractivity contribution in [1.82, 2.24) is 0 Å². The van der Waals surface area contributed by atoms with Crippen LogP contribution in [0.3, 0.4) is 0 Å². The van der Waals surface area contributed by atoms with Crippen molar-refractivity contribution in [2.45, 2.75) is 361 Å². The molecule has 0 saturated carbocycles. The zero-order chi connectivity index (χ0) is 59.9. The zero-order valence-corrected chi connectivity index (χ0v) is 54.9. The Morgan fingerprint density at radius 1 is 0.253 bits per heavy atom. The molecule has 0 aliphatic heterocycles. The van der Waals surface area contributed by atoms with Crippen LogP contribution >= 0.6 is 0 Å². The second-order valence-electron chi connectivity index (χ2n) is 23.8. The predicted octanol–water partition coefficient (Wildman–Crippen LogP) is 24.8. The van der Waals surface area contributed by atoms with Crippen LogP contribution in [0.15, 0.2) is 97.2 Å². The van der Waals surface area contributed by atoms with Crippen molar-refractivity contribution < 1.29 is 28.6 Å². The molecule has 6 heteroatoms. The molecule has 0 aliphatic carbocycles. The third-order valence-electron chi connectivity index (χ3n) is 15.5. The molecule has 0 heterocycles. The van der Waals surface area contributed by atoms with Crippen LogP contribution in [-0.2, 0) is 28.6 Å². The molecule has 0 spiro atoms. The van der Waals surface area contributed by atoms with Gasteiger partial charge in [-0.3, -0.25) is 14.4 Å². The highest BCUT2D eigenvalue weighted by Gasteiger charge is 2.19. The van der Waals surface area contributed by atoms with Gasteiger partial charge in [0.15, 0.2) is 6.10 Å². The van der Waals surface area contributed by atoms with E-state index in [1.54, 1.807) is 0 Å². The summed E-state index contributed by atoms with van der Waals surface area (Å²) in [5.74, 6) is -0.873. The lowest BCUT2D eigenvalue weighted by Crippen LogP contribution is -2.30. The minimum absolute atomic E-state index is 0.0790. The summed E-state index contributed by atoms with van der Waals surface area (Å²) in [6.45, 7) is 6.51. The molecular weight excluding hydrogens is 1020 g/mol. The fourth-order valence-electron chi connectivity index (χ4n) is 10.2. The topological polar surface area (TPSA) is 78.9 Å². The van der Waals surface area contributed by atoms with E-state index in [-0.39, 0.29) is 31.1 Å². The van der Waals surface area contributed by atoms with Crippen molar-refractivity contribution >= 4 is 17.9 Å². The summed E-state index contributed by atoms with van der Waals surface area (Å²) in [7, 11) is 0. The maximum Gasteiger partial charge on any atom is 0.306 e. The van der Waals surface area contributed by atoms with Crippen LogP contribution in [0.5, 0.6) is 0 Å². The predicted molar refractivity (Wildman–Crippen MR) is 362 cm³/mol. The Bertz CT molecular complexity index is 1610. The molecule has 0 saturated heterocycles. The average Bonchev–Trinajstić information content (AvgIpc) is 3.49. The van der Waals surface area contributed by atoms with Crippen molar-refractivity contribution in [2.24, 2.45) is 0 Å². The number of allylic oxidation sites excluding steroid dienone is 16. The molecule has 1 unspecified atom stereocenters. The number of unbranched alkanes of at least 4 members (excludes halogenated alkanes) is 38. The number of rotatable bonds is 65. The Morgan fingerprint density at radius 3 is 0.735 bits per heavy atom. The van der Waals surface area contributed by atoms with E-state index in [9.17, 15) is 14.4 Å². The first-order chi connectivity index (χ1) is 41.0. The molecule has 0 aromatic heterocycles. The van der Waals surface area contributed by atoms with Crippen LogP contribution in [0.25, 0.3) is 0 Å². The van der Waals surface area contributed by atoms with Gasteiger partial charge in [0.2, 0.25) is 0 Å². The van der Waals surface area contributed by atoms with Gasteiger partial charge in [0.1, 0.15) is 13.2 Å². The van der Waals surface area contributed by atoms with E-state index in [2.05, 4.69) is 118 Å². The van der Waals surface area contributed by atoms with E-state index >= 15 is 0 Å². The van der Waals surface area contributed by atoms with E-state index in [0.29, 0.717) is 19.3 Å². The average molecular weight is 1160 g/mol. The van der Waals surface area contributed by atoms with Gasteiger partial charge in [-0.1, -0.05) is 311 Å². The van der Waals surface area contributed by atoms with Gasteiger partial charge in [0, 0.05) is 19.3 Å². The third-order valence-corrected chi connectivity index (χ3v) is 15.5. The fourth-order valence-corrected chi connectivity index (χ4v) is 10.2. The first-order valence-corrected chi connectivity index (χ1v) is 35.7. The summed E-state index contributed by atoms with van der Waals surface area (Å²) in [6, 6.07) is 0. The minimum atomic E-state index is -0.785. The molecule has 0 bridgehead atoms.